The molecule has 4 N–H and O–H groups in total. The Labute approximate surface area is 106 Å². The van der Waals surface area contributed by atoms with Gasteiger partial charge >= 0.3 is 5.97 Å². The summed E-state index contributed by atoms with van der Waals surface area (Å²) in [5, 5.41) is 11.7. The fourth-order valence-electron chi connectivity index (χ4n) is 2.43. The van der Waals surface area contributed by atoms with Gasteiger partial charge in [0, 0.05) is 6.42 Å². The molecule has 1 aliphatic rings. The molecule has 0 aromatic carbocycles. The Morgan fingerprint density at radius 3 is 2.11 bits per heavy atom. The van der Waals surface area contributed by atoms with Crippen molar-refractivity contribution in [1.29, 1.82) is 0 Å². The largest absolute Gasteiger partial charge is 0.481 e. The van der Waals surface area contributed by atoms with E-state index in [-0.39, 0.29) is 13.0 Å². The number of carbonyl (C=O) groups excluding carboxylic acids is 2. The van der Waals surface area contributed by atoms with Crippen LogP contribution in [0, 0.1) is 5.41 Å². The molecule has 2 amide bonds. The van der Waals surface area contributed by atoms with Crippen LogP contribution in [0.25, 0.3) is 0 Å². The van der Waals surface area contributed by atoms with E-state index in [1.807, 2.05) is 0 Å². The van der Waals surface area contributed by atoms with Crippen molar-refractivity contribution in [2.45, 2.75) is 44.9 Å². The first kappa shape index (κ1) is 14.5. The third-order valence-electron chi connectivity index (χ3n) is 3.47. The molecule has 0 heterocycles. The van der Waals surface area contributed by atoms with Crippen LogP contribution >= 0.6 is 0 Å². The summed E-state index contributed by atoms with van der Waals surface area (Å²) < 4.78 is 0. The Kier molecular flexibility index (Phi) is 5.12. The number of hydrogen-bond donors (Lipinski definition) is 3. The lowest BCUT2D eigenvalue weighted by molar-refractivity contribution is -0.152. The van der Waals surface area contributed by atoms with E-state index in [4.69, 9.17) is 5.73 Å². The van der Waals surface area contributed by atoms with Crippen LogP contribution < -0.4 is 11.1 Å². The summed E-state index contributed by atoms with van der Waals surface area (Å²) >= 11 is 0. The molecule has 18 heavy (non-hydrogen) atoms. The van der Waals surface area contributed by atoms with E-state index in [9.17, 15) is 19.5 Å². The number of nitrogens with two attached hydrogens (primary N) is 1. The number of rotatable bonds is 5. The molecule has 0 spiro atoms. The number of carboxylic acids is 1. The highest BCUT2D eigenvalue weighted by Crippen LogP contribution is 2.38. The lowest BCUT2D eigenvalue weighted by atomic mass is 9.77. The second kappa shape index (κ2) is 6.37. The predicted molar refractivity (Wildman–Crippen MR) is 64.6 cm³/mol. The van der Waals surface area contributed by atoms with Crippen molar-refractivity contribution < 1.29 is 19.5 Å². The summed E-state index contributed by atoms with van der Waals surface area (Å²) in [6, 6.07) is 0. The van der Waals surface area contributed by atoms with E-state index < -0.39 is 23.2 Å². The van der Waals surface area contributed by atoms with Crippen molar-refractivity contribution in [3.63, 3.8) is 0 Å². The van der Waals surface area contributed by atoms with Crippen molar-refractivity contribution in [3.05, 3.63) is 0 Å². The molecule has 0 radical (unpaired) electrons. The predicted octanol–water partition coefficient (Wildman–Crippen LogP) is 0.403. The molecule has 1 aliphatic carbocycles. The Morgan fingerprint density at radius 2 is 1.67 bits per heavy atom. The van der Waals surface area contributed by atoms with Gasteiger partial charge < -0.3 is 16.2 Å². The van der Waals surface area contributed by atoms with Crippen molar-refractivity contribution in [2.75, 3.05) is 6.54 Å². The lowest BCUT2D eigenvalue weighted by Gasteiger charge is -2.27. The first-order chi connectivity index (χ1) is 8.46. The standard InChI is InChI=1S/C12H20N2O4/c13-9(15)8-14-10(16)7-12(11(17)18)5-3-1-2-4-6-12/h1-8H2,(H2,13,15)(H,14,16)(H,17,18). The zero-order chi connectivity index (χ0) is 13.6. The summed E-state index contributed by atoms with van der Waals surface area (Å²) in [6.07, 6.45) is 4.65. The maximum absolute atomic E-state index is 11.7. The fraction of sp³-hybridized carbons (Fsp3) is 0.750. The molecule has 0 bridgehead atoms. The van der Waals surface area contributed by atoms with Gasteiger partial charge in [0.25, 0.3) is 0 Å². The molecule has 0 aromatic rings. The van der Waals surface area contributed by atoms with Crippen molar-refractivity contribution in [3.8, 4) is 0 Å². The van der Waals surface area contributed by atoms with Gasteiger partial charge in [-0.15, -0.1) is 0 Å². The molecule has 0 saturated heterocycles. The molecule has 1 fully saturated rings. The third kappa shape index (κ3) is 4.01. The SMILES string of the molecule is NC(=O)CNC(=O)CC1(C(=O)O)CCCCCC1. The van der Waals surface area contributed by atoms with Crippen molar-refractivity contribution in [2.24, 2.45) is 11.1 Å². The summed E-state index contributed by atoms with van der Waals surface area (Å²) in [4.78, 5) is 33.6. The zero-order valence-electron chi connectivity index (χ0n) is 10.4. The first-order valence-electron chi connectivity index (χ1n) is 6.25. The van der Waals surface area contributed by atoms with Gasteiger partial charge in [-0.2, -0.15) is 0 Å². The Morgan fingerprint density at radius 1 is 1.11 bits per heavy atom. The molecule has 6 nitrogen and oxygen atoms in total. The van der Waals surface area contributed by atoms with Crippen LogP contribution in [-0.4, -0.2) is 29.4 Å². The monoisotopic (exact) mass is 256 g/mol. The van der Waals surface area contributed by atoms with Gasteiger partial charge in [0.05, 0.1) is 12.0 Å². The molecule has 0 unspecified atom stereocenters. The first-order valence-corrected chi connectivity index (χ1v) is 6.25. The van der Waals surface area contributed by atoms with Crippen LogP contribution in [0.3, 0.4) is 0 Å². The summed E-state index contributed by atoms with van der Waals surface area (Å²) in [5.74, 6) is -1.97. The molecular weight excluding hydrogens is 236 g/mol. The van der Waals surface area contributed by atoms with Crippen molar-refractivity contribution >= 4 is 17.8 Å². The van der Waals surface area contributed by atoms with E-state index in [0.29, 0.717) is 12.8 Å². The van der Waals surface area contributed by atoms with E-state index in [1.165, 1.54) is 0 Å². The Bertz CT molecular complexity index is 333. The zero-order valence-corrected chi connectivity index (χ0v) is 10.4. The maximum atomic E-state index is 11.7. The highest BCUT2D eigenvalue weighted by Gasteiger charge is 2.40. The molecule has 1 saturated carbocycles. The number of hydrogen-bond acceptors (Lipinski definition) is 3. The van der Waals surface area contributed by atoms with Crippen LogP contribution in [0.5, 0.6) is 0 Å². The van der Waals surface area contributed by atoms with Gasteiger partial charge in [0.15, 0.2) is 0 Å². The Hall–Kier alpha value is -1.59. The normalized spacial score (nSPS) is 18.7. The average molecular weight is 256 g/mol. The maximum Gasteiger partial charge on any atom is 0.310 e. The van der Waals surface area contributed by atoms with E-state index >= 15 is 0 Å². The van der Waals surface area contributed by atoms with Gasteiger partial charge in [0.1, 0.15) is 0 Å². The number of carbonyl (C=O) groups is 3. The van der Waals surface area contributed by atoms with E-state index in [1.54, 1.807) is 0 Å². The average Bonchev–Trinajstić information content (AvgIpc) is 2.53. The summed E-state index contributed by atoms with van der Waals surface area (Å²) in [7, 11) is 0. The summed E-state index contributed by atoms with van der Waals surface area (Å²) in [6.45, 7) is -0.242. The smallest absolute Gasteiger partial charge is 0.310 e. The molecule has 0 aromatic heterocycles. The summed E-state index contributed by atoms with van der Waals surface area (Å²) in [5.41, 5.74) is 3.95. The molecule has 1 rings (SSSR count). The Balaban J connectivity index is 2.64. The van der Waals surface area contributed by atoms with Gasteiger partial charge in [-0.05, 0) is 12.8 Å². The molecule has 102 valence electrons. The number of amides is 2. The van der Waals surface area contributed by atoms with Crippen LogP contribution in [0.2, 0.25) is 0 Å². The third-order valence-corrected chi connectivity index (χ3v) is 3.47. The van der Waals surface area contributed by atoms with Gasteiger partial charge in [-0.25, -0.2) is 0 Å². The molecular formula is C12H20N2O4. The number of nitrogens with one attached hydrogen (secondary N) is 1. The van der Waals surface area contributed by atoms with Gasteiger partial charge in [-0.3, -0.25) is 14.4 Å². The minimum absolute atomic E-state index is 0.0738. The highest BCUT2D eigenvalue weighted by molar-refractivity contribution is 5.87. The number of carboxylic acid groups (broad SMARTS) is 1. The van der Waals surface area contributed by atoms with E-state index in [0.717, 1.165) is 25.7 Å². The van der Waals surface area contributed by atoms with Crippen LogP contribution in [-0.2, 0) is 14.4 Å². The minimum Gasteiger partial charge on any atom is -0.481 e. The van der Waals surface area contributed by atoms with Gasteiger partial charge in [-0.1, -0.05) is 25.7 Å². The fourth-order valence-corrected chi connectivity index (χ4v) is 2.43. The van der Waals surface area contributed by atoms with Crippen LogP contribution in [0.4, 0.5) is 0 Å². The number of primary amides is 1. The molecule has 0 aliphatic heterocycles. The van der Waals surface area contributed by atoms with Crippen LogP contribution in [0.1, 0.15) is 44.9 Å². The van der Waals surface area contributed by atoms with E-state index in [2.05, 4.69) is 5.32 Å². The van der Waals surface area contributed by atoms with Crippen molar-refractivity contribution in [1.82, 2.24) is 5.32 Å². The quantitative estimate of drug-likeness (QED) is 0.618. The van der Waals surface area contributed by atoms with Gasteiger partial charge in [0.2, 0.25) is 11.8 Å². The lowest BCUT2D eigenvalue weighted by Crippen LogP contribution is -2.40. The minimum atomic E-state index is -0.974. The second-order valence-electron chi connectivity index (χ2n) is 4.92. The highest BCUT2D eigenvalue weighted by atomic mass is 16.4. The molecule has 6 heteroatoms. The second-order valence-corrected chi connectivity index (χ2v) is 4.92. The number of aliphatic carboxylic acids is 1. The topological polar surface area (TPSA) is 109 Å². The van der Waals surface area contributed by atoms with Crippen LogP contribution in [0.15, 0.2) is 0 Å². The molecule has 0 atom stereocenters.